The maximum Gasteiger partial charge on any atom is 0.444 e. The standard InChI is InChI=1S/C5H3F5O3/c1-13-3(12)4(7,2(6)11)5(8,9)10/h1H3. The van der Waals surface area contributed by atoms with Gasteiger partial charge < -0.3 is 4.74 Å². The SMILES string of the molecule is COC(=O)C(F)(C(=O)F)C(F)(F)F. The third-order valence-electron chi connectivity index (χ3n) is 1.13. The van der Waals surface area contributed by atoms with Crippen molar-refractivity contribution in [3.8, 4) is 0 Å². The molecule has 0 aliphatic rings. The highest BCUT2D eigenvalue weighted by Crippen LogP contribution is 2.36. The Bertz CT molecular complexity index is 235. The van der Waals surface area contributed by atoms with E-state index in [0.29, 0.717) is 7.11 Å². The lowest BCUT2D eigenvalue weighted by Crippen LogP contribution is -2.53. The van der Waals surface area contributed by atoms with E-state index in [4.69, 9.17) is 0 Å². The number of hydrogen-bond acceptors (Lipinski definition) is 3. The van der Waals surface area contributed by atoms with Crippen molar-refractivity contribution in [1.29, 1.82) is 0 Å². The Kier molecular flexibility index (Phi) is 2.96. The number of carbonyl (C=O) groups is 2. The van der Waals surface area contributed by atoms with Crippen molar-refractivity contribution in [2.45, 2.75) is 11.8 Å². The van der Waals surface area contributed by atoms with Gasteiger partial charge in [-0.25, -0.2) is 9.18 Å². The molecule has 0 aromatic carbocycles. The number of halogens is 5. The van der Waals surface area contributed by atoms with Crippen LogP contribution in [-0.2, 0) is 14.3 Å². The van der Waals surface area contributed by atoms with E-state index in [2.05, 4.69) is 4.74 Å². The summed E-state index contributed by atoms with van der Waals surface area (Å²) < 4.78 is 62.4. The minimum atomic E-state index is -5.97. The normalized spacial score (nSPS) is 16.2. The molecule has 0 saturated heterocycles. The minimum Gasteiger partial charge on any atom is -0.466 e. The summed E-state index contributed by atoms with van der Waals surface area (Å²) in [7, 11) is 0.394. The topological polar surface area (TPSA) is 43.4 Å². The van der Waals surface area contributed by atoms with Gasteiger partial charge in [0.05, 0.1) is 7.11 Å². The van der Waals surface area contributed by atoms with Crippen molar-refractivity contribution in [3.63, 3.8) is 0 Å². The van der Waals surface area contributed by atoms with E-state index in [1.54, 1.807) is 0 Å². The quantitative estimate of drug-likeness (QED) is 0.292. The van der Waals surface area contributed by atoms with Crippen molar-refractivity contribution in [3.05, 3.63) is 0 Å². The first kappa shape index (κ1) is 11.8. The molecule has 76 valence electrons. The molecule has 1 unspecified atom stereocenters. The number of esters is 1. The van der Waals surface area contributed by atoms with Gasteiger partial charge in [-0.3, -0.25) is 4.79 Å². The Morgan fingerprint density at radius 1 is 1.15 bits per heavy atom. The van der Waals surface area contributed by atoms with Crippen LogP contribution in [0.15, 0.2) is 0 Å². The van der Waals surface area contributed by atoms with Gasteiger partial charge in [-0.15, -0.1) is 0 Å². The lowest BCUT2D eigenvalue weighted by Gasteiger charge is -2.19. The molecule has 0 amide bonds. The van der Waals surface area contributed by atoms with Crippen LogP contribution in [0.5, 0.6) is 0 Å². The number of rotatable bonds is 2. The van der Waals surface area contributed by atoms with E-state index in [1.807, 2.05) is 0 Å². The van der Waals surface area contributed by atoms with Gasteiger partial charge in [-0.05, 0) is 0 Å². The molecule has 8 heteroatoms. The largest absolute Gasteiger partial charge is 0.466 e. The summed E-state index contributed by atoms with van der Waals surface area (Å²) in [6.45, 7) is 0. The van der Waals surface area contributed by atoms with Crippen molar-refractivity contribution >= 4 is 12.0 Å². The zero-order valence-electron chi connectivity index (χ0n) is 6.11. The Morgan fingerprint density at radius 3 is 1.62 bits per heavy atom. The van der Waals surface area contributed by atoms with Crippen LogP contribution >= 0.6 is 0 Å². The maximum absolute atomic E-state index is 12.5. The summed E-state index contributed by atoms with van der Waals surface area (Å²) in [5.41, 5.74) is -5.22. The highest BCUT2D eigenvalue weighted by molar-refractivity contribution is 6.04. The molecule has 0 N–H and O–H groups in total. The van der Waals surface area contributed by atoms with Crippen LogP contribution in [0.1, 0.15) is 0 Å². The second kappa shape index (κ2) is 3.27. The highest BCUT2D eigenvalue weighted by Gasteiger charge is 2.69. The Hall–Kier alpha value is -1.21. The Morgan fingerprint density at radius 2 is 1.54 bits per heavy atom. The number of ether oxygens (including phenoxy) is 1. The number of hydrogen-bond donors (Lipinski definition) is 0. The fraction of sp³-hybridized carbons (Fsp3) is 0.600. The molecule has 13 heavy (non-hydrogen) atoms. The molecular weight excluding hydrogens is 203 g/mol. The Balaban J connectivity index is 5.20. The van der Waals surface area contributed by atoms with Gasteiger partial charge in [-0.2, -0.15) is 17.6 Å². The summed E-state index contributed by atoms with van der Waals surface area (Å²) in [6, 6.07) is -3.45. The predicted octanol–water partition coefficient (Wildman–Crippen LogP) is 0.926. The van der Waals surface area contributed by atoms with Crippen LogP contribution in [0.4, 0.5) is 22.0 Å². The summed E-state index contributed by atoms with van der Waals surface area (Å²) in [6.07, 6.45) is -5.97. The summed E-state index contributed by atoms with van der Waals surface area (Å²) >= 11 is 0. The molecule has 0 aliphatic carbocycles. The predicted molar refractivity (Wildman–Crippen MR) is 28.0 cm³/mol. The van der Waals surface area contributed by atoms with Crippen LogP contribution in [-0.4, -0.2) is 31.0 Å². The molecular formula is C5H3F5O3. The molecule has 0 aromatic rings. The van der Waals surface area contributed by atoms with Crippen LogP contribution < -0.4 is 0 Å². The molecule has 0 radical (unpaired) electrons. The van der Waals surface area contributed by atoms with Gasteiger partial charge >= 0.3 is 23.9 Å². The maximum atomic E-state index is 12.5. The summed E-state index contributed by atoms with van der Waals surface area (Å²) in [5, 5.41) is 0. The first-order valence-electron chi connectivity index (χ1n) is 2.72. The molecule has 0 saturated carbocycles. The monoisotopic (exact) mass is 206 g/mol. The molecule has 1 atom stereocenters. The lowest BCUT2D eigenvalue weighted by atomic mass is 10.1. The van der Waals surface area contributed by atoms with Gasteiger partial charge in [0.25, 0.3) is 0 Å². The summed E-state index contributed by atoms with van der Waals surface area (Å²) in [4.78, 5) is 19.8. The average Bonchev–Trinajstić information content (AvgIpc) is 1.98. The second-order valence-corrected chi connectivity index (χ2v) is 1.92. The van der Waals surface area contributed by atoms with E-state index < -0.39 is 23.9 Å². The molecule has 0 aliphatic heterocycles. The van der Waals surface area contributed by atoms with Crippen LogP contribution in [0.3, 0.4) is 0 Å². The van der Waals surface area contributed by atoms with Crippen LogP contribution in [0.2, 0.25) is 0 Å². The van der Waals surface area contributed by atoms with E-state index in [0.717, 1.165) is 0 Å². The highest BCUT2D eigenvalue weighted by atomic mass is 19.4. The van der Waals surface area contributed by atoms with Crippen LogP contribution in [0, 0.1) is 0 Å². The van der Waals surface area contributed by atoms with Gasteiger partial charge in [0.15, 0.2) is 0 Å². The van der Waals surface area contributed by atoms with Crippen molar-refractivity contribution in [2.24, 2.45) is 0 Å². The van der Waals surface area contributed by atoms with Crippen molar-refractivity contribution < 1.29 is 36.3 Å². The first-order valence-corrected chi connectivity index (χ1v) is 2.72. The zero-order chi connectivity index (χ0) is 10.9. The molecule has 0 aromatic heterocycles. The van der Waals surface area contributed by atoms with Crippen molar-refractivity contribution in [2.75, 3.05) is 7.11 Å². The van der Waals surface area contributed by atoms with E-state index in [-0.39, 0.29) is 0 Å². The van der Waals surface area contributed by atoms with Gasteiger partial charge in [0.2, 0.25) is 0 Å². The second-order valence-electron chi connectivity index (χ2n) is 1.92. The number of methoxy groups -OCH3 is 1. The van der Waals surface area contributed by atoms with E-state index >= 15 is 0 Å². The van der Waals surface area contributed by atoms with E-state index in [9.17, 15) is 31.5 Å². The molecule has 0 rings (SSSR count). The van der Waals surface area contributed by atoms with Gasteiger partial charge in [0, 0.05) is 0 Å². The average molecular weight is 206 g/mol. The van der Waals surface area contributed by atoms with E-state index in [1.165, 1.54) is 0 Å². The zero-order valence-corrected chi connectivity index (χ0v) is 6.11. The number of carbonyl (C=O) groups excluding carboxylic acids is 2. The fourth-order valence-corrected chi connectivity index (χ4v) is 0.448. The molecule has 0 spiro atoms. The first-order chi connectivity index (χ1) is 5.67. The fourth-order valence-electron chi connectivity index (χ4n) is 0.448. The summed E-state index contributed by atoms with van der Waals surface area (Å²) in [5.74, 6) is -2.63. The van der Waals surface area contributed by atoms with Gasteiger partial charge in [-0.1, -0.05) is 0 Å². The van der Waals surface area contributed by atoms with Gasteiger partial charge in [0.1, 0.15) is 0 Å². The minimum absolute atomic E-state index is 0.394. The third-order valence-corrected chi connectivity index (χ3v) is 1.13. The number of alkyl halides is 4. The molecule has 0 fully saturated rings. The molecule has 0 bridgehead atoms. The Labute approximate surface area is 68.5 Å². The lowest BCUT2D eigenvalue weighted by molar-refractivity contribution is -0.237. The van der Waals surface area contributed by atoms with Crippen molar-refractivity contribution in [1.82, 2.24) is 0 Å². The molecule has 3 nitrogen and oxygen atoms in total. The van der Waals surface area contributed by atoms with Crippen LogP contribution in [0.25, 0.3) is 0 Å². The third kappa shape index (κ3) is 1.76. The smallest absolute Gasteiger partial charge is 0.444 e. The molecule has 0 heterocycles.